The van der Waals surface area contributed by atoms with Crippen LogP contribution in [0, 0.1) is 0 Å². The molecule has 0 radical (unpaired) electrons. The predicted octanol–water partition coefficient (Wildman–Crippen LogP) is 2.82. The van der Waals surface area contributed by atoms with Crippen molar-refractivity contribution in [3.8, 4) is 17.2 Å². The van der Waals surface area contributed by atoms with Gasteiger partial charge in [0, 0.05) is 19.5 Å². The van der Waals surface area contributed by atoms with Crippen LogP contribution < -0.4 is 19.5 Å². The van der Waals surface area contributed by atoms with Crippen molar-refractivity contribution >= 4 is 11.8 Å². The van der Waals surface area contributed by atoms with E-state index in [0.29, 0.717) is 24.5 Å². The Balaban J connectivity index is 1.36. The van der Waals surface area contributed by atoms with Gasteiger partial charge in [0.1, 0.15) is 11.8 Å². The molecular weight excluding hydrogens is 398 g/mol. The van der Waals surface area contributed by atoms with Crippen LogP contribution in [0.4, 0.5) is 8.78 Å². The van der Waals surface area contributed by atoms with Crippen molar-refractivity contribution in [1.29, 1.82) is 0 Å². The van der Waals surface area contributed by atoms with Crippen molar-refractivity contribution in [2.75, 3.05) is 6.79 Å². The van der Waals surface area contributed by atoms with Crippen LogP contribution in [-0.2, 0) is 22.7 Å². The third-order valence-electron chi connectivity index (χ3n) is 5.04. The van der Waals surface area contributed by atoms with Gasteiger partial charge in [-0.3, -0.25) is 9.59 Å². The minimum absolute atomic E-state index is 0.0412. The van der Waals surface area contributed by atoms with Gasteiger partial charge in [-0.25, -0.2) is 0 Å². The van der Waals surface area contributed by atoms with Crippen LogP contribution in [0.25, 0.3) is 0 Å². The zero-order valence-electron chi connectivity index (χ0n) is 16.0. The van der Waals surface area contributed by atoms with E-state index < -0.39 is 12.7 Å². The lowest BCUT2D eigenvalue weighted by molar-refractivity contribution is -0.135. The van der Waals surface area contributed by atoms with Crippen LogP contribution in [0.2, 0.25) is 0 Å². The number of alkyl halides is 2. The second-order valence-corrected chi connectivity index (χ2v) is 7.00. The molecule has 0 unspecified atom stereocenters. The quantitative estimate of drug-likeness (QED) is 0.748. The molecule has 158 valence electrons. The molecule has 1 atom stereocenters. The van der Waals surface area contributed by atoms with Crippen molar-refractivity contribution in [2.45, 2.75) is 38.6 Å². The molecule has 2 aromatic rings. The Labute approximate surface area is 171 Å². The number of nitrogens with one attached hydrogen (secondary N) is 1. The normalized spacial score (nSPS) is 17.5. The van der Waals surface area contributed by atoms with Crippen LogP contribution in [-0.4, -0.2) is 36.2 Å². The van der Waals surface area contributed by atoms with E-state index in [1.807, 2.05) is 12.1 Å². The van der Waals surface area contributed by atoms with Crippen molar-refractivity contribution < 1.29 is 32.6 Å². The molecule has 1 N–H and O–H groups in total. The van der Waals surface area contributed by atoms with Crippen LogP contribution in [0.1, 0.15) is 24.0 Å². The minimum atomic E-state index is -2.89. The van der Waals surface area contributed by atoms with Crippen molar-refractivity contribution in [3.05, 3.63) is 53.6 Å². The van der Waals surface area contributed by atoms with E-state index >= 15 is 0 Å². The van der Waals surface area contributed by atoms with Crippen LogP contribution >= 0.6 is 0 Å². The molecule has 30 heavy (non-hydrogen) atoms. The maximum absolute atomic E-state index is 12.7. The summed E-state index contributed by atoms with van der Waals surface area (Å²) in [4.78, 5) is 26.5. The first-order valence-electron chi connectivity index (χ1n) is 9.49. The first-order chi connectivity index (χ1) is 14.5. The molecule has 0 bridgehead atoms. The summed E-state index contributed by atoms with van der Waals surface area (Å²) in [5, 5.41) is 2.87. The van der Waals surface area contributed by atoms with E-state index in [4.69, 9.17) is 9.47 Å². The standard InChI is InChI=1S/C21H20F2N2O5/c22-21(23)30-15-4-1-13(2-5-15)11-25-16(6-8-19(25)26)20(27)24-10-14-3-7-17-18(9-14)29-12-28-17/h1-5,7,9,16,21H,6,8,10-12H2,(H,24,27)/t16-/m1/s1. The second-order valence-electron chi connectivity index (χ2n) is 7.00. The molecule has 0 aliphatic carbocycles. The largest absolute Gasteiger partial charge is 0.454 e. The number of hydrogen-bond acceptors (Lipinski definition) is 5. The fourth-order valence-electron chi connectivity index (χ4n) is 3.54. The van der Waals surface area contributed by atoms with Crippen molar-refractivity contribution in [2.24, 2.45) is 0 Å². The number of carbonyl (C=O) groups excluding carboxylic acids is 2. The number of likely N-dealkylation sites (tertiary alicyclic amines) is 1. The highest BCUT2D eigenvalue weighted by molar-refractivity contribution is 5.90. The maximum atomic E-state index is 12.7. The Bertz CT molecular complexity index is 935. The second kappa shape index (κ2) is 8.56. The highest BCUT2D eigenvalue weighted by Gasteiger charge is 2.35. The van der Waals surface area contributed by atoms with E-state index in [1.165, 1.54) is 17.0 Å². The van der Waals surface area contributed by atoms with Crippen LogP contribution in [0.5, 0.6) is 17.2 Å². The number of benzene rings is 2. The van der Waals surface area contributed by atoms with Crippen LogP contribution in [0.15, 0.2) is 42.5 Å². The van der Waals surface area contributed by atoms with E-state index in [1.54, 1.807) is 18.2 Å². The zero-order chi connectivity index (χ0) is 21.1. The molecule has 2 aliphatic rings. The SMILES string of the molecule is O=C(NCc1ccc2c(c1)OCO2)[C@H]1CCC(=O)N1Cc1ccc(OC(F)F)cc1. The molecule has 2 heterocycles. The average Bonchev–Trinajstić information content (AvgIpc) is 3.34. The smallest absolute Gasteiger partial charge is 0.387 e. The van der Waals surface area contributed by atoms with Gasteiger partial charge >= 0.3 is 6.61 Å². The molecule has 4 rings (SSSR count). The fourth-order valence-corrected chi connectivity index (χ4v) is 3.54. The van der Waals surface area contributed by atoms with Crippen LogP contribution in [0.3, 0.4) is 0 Å². The van der Waals surface area contributed by atoms with Gasteiger partial charge in [-0.05, 0) is 41.8 Å². The number of halogens is 2. The third-order valence-corrected chi connectivity index (χ3v) is 5.04. The molecule has 0 aromatic heterocycles. The van der Waals surface area contributed by atoms with Gasteiger partial charge in [0.15, 0.2) is 11.5 Å². The number of rotatable bonds is 7. The summed E-state index contributed by atoms with van der Waals surface area (Å²) >= 11 is 0. The molecular formula is C21H20F2N2O5. The molecule has 0 saturated carbocycles. The molecule has 0 spiro atoms. The lowest BCUT2D eigenvalue weighted by atomic mass is 10.1. The number of ether oxygens (including phenoxy) is 3. The summed E-state index contributed by atoms with van der Waals surface area (Å²) in [6, 6.07) is 10.9. The number of amides is 2. The summed E-state index contributed by atoms with van der Waals surface area (Å²) in [5.41, 5.74) is 1.58. The molecule has 2 aromatic carbocycles. The highest BCUT2D eigenvalue weighted by Crippen LogP contribution is 2.32. The van der Waals surface area contributed by atoms with E-state index in [0.717, 1.165) is 11.1 Å². The summed E-state index contributed by atoms with van der Waals surface area (Å²) < 4.78 is 39.5. The first-order valence-corrected chi connectivity index (χ1v) is 9.49. The van der Waals surface area contributed by atoms with Crippen molar-refractivity contribution in [3.63, 3.8) is 0 Å². The highest BCUT2D eigenvalue weighted by atomic mass is 19.3. The Morgan fingerprint density at radius 3 is 2.63 bits per heavy atom. The van der Waals surface area contributed by atoms with Gasteiger partial charge in [-0.2, -0.15) is 8.78 Å². The Morgan fingerprint density at radius 1 is 1.13 bits per heavy atom. The molecule has 9 heteroatoms. The topological polar surface area (TPSA) is 77.1 Å². The maximum Gasteiger partial charge on any atom is 0.387 e. The lowest BCUT2D eigenvalue weighted by Gasteiger charge is -2.24. The monoisotopic (exact) mass is 418 g/mol. The average molecular weight is 418 g/mol. The van der Waals surface area contributed by atoms with E-state index in [9.17, 15) is 18.4 Å². The van der Waals surface area contributed by atoms with Gasteiger partial charge in [-0.15, -0.1) is 0 Å². The summed E-state index contributed by atoms with van der Waals surface area (Å²) in [6.07, 6.45) is 0.715. The molecule has 1 saturated heterocycles. The first kappa shape index (κ1) is 19.9. The Hall–Kier alpha value is -3.36. The summed E-state index contributed by atoms with van der Waals surface area (Å²) in [6.45, 7) is -2.20. The molecule has 1 fully saturated rings. The summed E-state index contributed by atoms with van der Waals surface area (Å²) in [5.74, 6) is 0.989. The molecule has 2 aliphatic heterocycles. The third kappa shape index (κ3) is 4.45. The molecule has 2 amide bonds. The number of fused-ring (bicyclic) bond motifs is 1. The fraction of sp³-hybridized carbons (Fsp3) is 0.333. The molecule has 7 nitrogen and oxygen atoms in total. The van der Waals surface area contributed by atoms with Gasteiger partial charge < -0.3 is 24.4 Å². The number of hydrogen-bond donors (Lipinski definition) is 1. The number of nitrogens with zero attached hydrogens (tertiary/aromatic N) is 1. The van der Waals surface area contributed by atoms with E-state index in [-0.39, 0.29) is 37.3 Å². The van der Waals surface area contributed by atoms with E-state index in [2.05, 4.69) is 10.1 Å². The van der Waals surface area contributed by atoms with Gasteiger partial charge in [0.05, 0.1) is 0 Å². The minimum Gasteiger partial charge on any atom is -0.454 e. The van der Waals surface area contributed by atoms with Gasteiger partial charge in [0.2, 0.25) is 18.6 Å². The van der Waals surface area contributed by atoms with Gasteiger partial charge in [-0.1, -0.05) is 18.2 Å². The lowest BCUT2D eigenvalue weighted by Crippen LogP contribution is -2.44. The Morgan fingerprint density at radius 2 is 1.87 bits per heavy atom. The van der Waals surface area contributed by atoms with Gasteiger partial charge in [0.25, 0.3) is 0 Å². The predicted molar refractivity (Wildman–Crippen MR) is 101 cm³/mol. The Kier molecular flexibility index (Phi) is 5.69. The summed E-state index contributed by atoms with van der Waals surface area (Å²) in [7, 11) is 0. The zero-order valence-corrected chi connectivity index (χ0v) is 16.0. The number of carbonyl (C=O) groups is 2. The van der Waals surface area contributed by atoms with Crippen molar-refractivity contribution in [1.82, 2.24) is 10.2 Å².